The Kier molecular flexibility index (Phi) is 3.28. The minimum Gasteiger partial charge on any atom is -0.481 e. The average Bonchev–Trinajstić information content (AvgIpc) is 1.63. The lowest BCUT2D eigenvalue weighted by atomic mass is 9.99. The molecule has 0 rings (SSSR count). The van der Waals surface area contributed by atoms with Gasteiger partial charge in [0.25, 0.3) is 0 Å². The molecule has 0 aromatic heterocycles. The maximum atomic E-state index is 10.2. The van der Waals surface area contributed by atoms with Crippen LogP contribution in [0.25, 0.3) is 0 Å². The second kappa shape index (κ2) is 3.49. The zero-order chi connectivity index (χ0) is 7.44. The Morgan fingerprint density at radius 2 is 1.78 bits per heavy atom. The van der Waals surface area contributed by atoms with Gasteiger partial charge in [0.2, 0.25) is 0 Å². The highest BCUT2D eigenvalue weighted by atomic mass is 16.4. The molecule has 0 fully saturated rings. The maximum Gasteiger partial charge on any atom is 0.310 e. The molecule has 2 radical (unpaired) electrons. The van der Waals surface area contributed by atoms with Crippen LogP contribution in [0.3, 0.4) is 0 Å². The fraction of sp³-hybridized carbons (Fsp3) is 0.571. The van der Waals surface area contributed by atoms with Gasteiger partial charge in [0.15, 0.2) is 0 Å². The standard InChI is InChI=1S/C7H12O2/c1-5(2)4-6(3)7(8)9/h4H2,1-3H3,(H,8,9). The van der Waals surface area contributed by atoms with E-state index < -0.39 is 5.97 Å². The van der Waals surface area contributed by atoms with Crippen molar-refractivity contribution >= 4 is 5.97 Å². The summed E-state index contributed by atoms with van der Waals surface area (Å²) in [7, 11) is 0. The van der Waals surface area contributed by atoms with E-state index in [2.05, 4.69) is 0 Å². The number of aliphatic carboxylic acids is 1. The van der Waals surface area contributed by atoms with E-state index >= 15 is 0 Å². The largest absolute Gasteiger partial charge is 0.481 e. The SMILES string of the molecule is C[C](C)C[C](C)C(=O)O. The first kappa shape index (κ1) is 8.47. The van der Waals surface area contributed by atoms with Crippen molar-refractivity contribution in [3.05, 3.63) is 11.8 Å². The number of rotatable bonds is 3. The Balaban J connectivity index is 3.50. The number of hydrogen-bond acceptors (Lipinski definition) is 1. The second-order valence-electron chi connectivity index (χ2n) is 2.47. The molecule has 0 amide bonds. The van der Waals surface area contributed by atoms with Gasteiger partial charge in [-0.1, -0.05) is 13.8 Å². The van der Waals surface area contributed by atoms with Crippen LogP contribution >= 0.6 is 0 Å². The molecule has 0 spiro atoms. The highest BCUT2D eigenvalue weighted by Crippen LogP contribution is 2.13. The second-order valence-corrected chi connectivity index (χ2v) is 2.47. The number of carboxylic acids is 1. The molecule has 0 aliphatic heterocycles. The Bertz CT molecular complexity index is 97.1. The first-order valence-electron chi connectivity index (χ1n) is 2.88. The van der Waals surface area contributed by atoms with E-state index in [1.807, 2.05) is 13.8 Å². The van der Waals surface area contributed by atoms with E-state index in [1.54, 1.807) is 6.92 Å². The molecule has 0 saturated carbocycles. The molecule has 2 nitrogen and oxygen atoms in total. The quantitative estimate of drug-likeness (QED) is 0.627. The van der Waals surface area contributed by atoms with Gasteiger partial charge in [0, 0.05) is 0 Å². The Labute approximate surface area is 55.9 Å². The van der Waals surface area contributed by atoms with Crippen molar-refractivity contribution in [2.75, 3.05) is 0 Å². The molecule has 0 atom stereocenters. The third kappa shape index (κ3) is 4.01. The van der Waals surface area contributed by atoms with Gasteiger partial charge in [0.05, 0.1) is 5.92 Å². The molecule has 0 aromatic rings. The van der Waals surface area contributed by atoms with E-state index in [1.165, 1.54) is 0 Å². The normalized spacial score (nSPS) is 10.8. The zero-order valence-corrected chi connectivity index (χ0v) is 6.06. The van der Waals surface area contributed by atoms with Gasteiger partial charge in [-0.3, -0.25) is 4.79 Å². The number of carbonyl (C=O) groups is 1. The van der Waals surface area contributed by atoms with Crippen LogP contribution in [0.2, 0.25) is 0 Å². The summed E-state index contributed by atoms with van der Waals surface area (Å²) in [6, 6.07) is 0. The van der Waals surface area contributed by atoms with Crippen molar-refractivity contribution in [2.45, 2.75) is 27.2 Å². The van der Waals surface area contributed by atoms with Crippen LogP contribution in [-0.4, -0.2) is 11.1 Å². The molecular formula is C7H12O2. The van der Waals surface area contributed by atoms with Crippen molar-refractivity contribution in [1.29, 1.82) is 0 Å². The van der Waals surface area contributed by atoms with E-state index in [0.717, 1.165) is 5.92 Å². The lowest BCUT2D eigenvalue weighted by Crippen LogP contribution is -2.08. The van der Waals surface area contributed by atoms with E-state index in [9.17, 15) is 4.79 Å². The topological polar surface area (TPSA) is 37.3 Å². The highest BCUT2D eigenvalue weighted by molar-refractivity contribution is 5.82. The lowest BCUT2D eigenvalue weighted by molar-refractivity contribution is -0.134. The van der Waals surface area contributed by atoms with Crippen LogP contribution < -0.4 is 0 Å². The van der Waals surface area contributed by atoms with Crippen LogP contribution in [0.15, 0.2) is 0 Å². The third-order valence-electron chi connectivity index (χ3n) is 0.984. The van der Waals surface area contributed by atoms with Gasteiger partial charge in [-0.25, -0.2) is 0 Å². The Morgan fingerprint density at radius 3 is 1.89 bits per heavy atom. The van der Waals surface area contributed by atoms with Gasteiger partial charge in [-0.05, 0) is 19.3 Å². The molecule has 0 aliphatic carbocycles. The summed E-state index contributed by atoms with van der Waals surface area (Å²) in [6.45, 7) is 5.48. The average molecular weight is 128 g/mol. The summed E-state index contributed by atoms with van der Waals surface area (Å²) in [5.41, 5.74) is 0. The van der Waals surface area contributed by atoms with Crippen LogP contribution in [0.5, 0.6) is 0 Å². The van der Waals surface area contributed by atoms with Crippen LogP contribution in [0, 0.1) is 11.8 Å². The number of carboxylic acid groups (broad SMARTS) is 1. The molecule has 52 valence electrons. The zero-order valence-electron chi connectivity index (χ0n) is 6.06. The fourth-order valence-corrected chi connectivity index (χ4v) is 0.606. The van der Waals surface area contributed by atoms with Crippen LogP contribution in [0.1, 0.15) is 27.2 Å². The fourth-order valence-electron chi connectivity index (χ4n) is 0.606. The van der Waals surface area contributed by atoms with Crippen molar-refractivity contribution in [1.82, 2.24) is 0 Å². The van der Waals surface area contributed by atoms with E-state index in [4.69, 9.17) is 5.11 Å². The minimum atomic E-state index is -0.795. The first-order valence-corrected chi connectivity index (χ1v) is 2.88. The summed E-state index contributed by atoms with van der Waals surface area (Å²) in [5.74, 6) is 0.848. The van der Waals surface area contributed by atoms with Crippen LogP contribution in [-0.2, 0) is 4.79 Å². The highest BCUT2D eigenvalue weighted by Gasteiger charge is 2.12. The van der Waals surface area contributed by atoms with Crippen molar-refractivity contribution in [2.24, 2.45) is 0 Å². The van der Waals surface area contributed by atoms with Crippen molar-refractivity contribution < 1.29 is 9.90 Å². The molecule has 0 unspecified atom stereocenters. The summed E-state index contributed by atoms with van der Waals surface area (Å²) in [6.07, 6.45) is 0.606. The monoisotopic (exact) mass is 128 g/mol. The molecule has 0 aliphatic rings. The molecule has 1 N–H and O–H groups in total. The van der Waals surface area contributed by atoms with E-state index in [0.29, 0.717) is 12.3 Å². The Morgan fingerprint density at radius 1 is 1.33 bits per heavy atom. The third-order valence-corrected chi connectivity index (χ3v) is 0.984. The van der Waals surface area contributed by atoms with Gasteiger partial charge < -0.3 is 5.11 Å². The summed E-state index contributed by atoms with van der Waals surface area (Å²) >= 11 is 0. The van der Waals surface area contributed by atoms with Gasteiger partial charge in [-0.15, -0.1) is 0 Å². The molecule has 2 heteroatoms. The molecular weight excluding hydrogens is 116 g/mol. The van der Waals surface area contributed by atoms with Gasteiger partial charge >= 0.3 is 5.97 Å². The predicted octanol–water partition coefficient (Wildman–Crippen LogP) is 1.67. The number of hydrogen-bond donors (Lipinski definition) is 1. The summed E-state index contributed by atoms with van der Waals surface area (Å²) in [4.78, 5) is 10.2. The van der Waals surface area contributed by atoms with E-state index in [-0.39, 0.29) is 0 Å². The minimum absolute atomic E-state index is 0.509. The molecule has 9 heavy (non-hydrogen) atoms. The van der Waals surface area contributed by atoms with Crippen molar-refractivity contribution in [3.8, 4) is 0 Å². The van der Waals surface area contributed by atoms with Crippen LogP contribution in [0.4, 0.5) is 0 Å². The van der Waals surface area contributed by atoms with Gasteiger partial charge in [-0.2, -0.15) is 0 Å². The summed E-state index contributed by atoms with van der Waals surface area (Å²) in [5, 5.41) is 8.38. The summed E-state index contributed by atoms with van der Waals surface area (Å²) < 4.78 is 0. The Hall–Kier alpha value is -0.530. The lowest BCUT2D eigenvalue weighted by Gasteiger charge is -2.06. The maximum absolute atomic E-state index is 10.2. The molecule has 0 heterocycles. The first-order chi connectivity index (χ1) is 4.04. The smallest absolute Gasteiger partial charge is 0.310 e. The van der Waals surface area contributed by atoms with Crippen molar-refractivity contribution in [3.63, 3.8) is 0 Å². The predicted molar refractivity (Wildman–Crippen MR) is 35.8 cm³/mol. The molecule has 0 bridgehead atoms. The van der Waals surface area contributed by atoms with Gasteiger partial charge in [0.1, 0.15) is 0 Å². The molecule has 0 aromatic carbocycles. The molecule has 0 saturated heterocycles.